The number of fused-ring (bicyclic) bond motifs is 6. The number of hydrogen-bond acceptors (Lipinski definition) is 0. The first-order chi connectivity index (χ1) is 21.8. The van der Waals surface area contributed by atoms with Crippen LogP contribution in [-0.2, 0) is 0 Å². The lowest BCUT2D eigenvalue weighted by molar-refractivity contribution is 0.710. The molecule has 7 aromatic carbocycles. The summed E-state index contributed by atoms with van der Waals surface area (Å²) in [6.45, 7) is 0. The van der Waals surface area contributed by atoms with Gasteiger partial charge < -0.3 is 0 Å². The topological polar surface area (TPSA) is 0 Å². The van der Waals surface area contributed by atoms with Crippen LogP contribution in [0.1, 0.15) is 22.6 Å². The van der Waals surface area contributed by atoms with E-state index in [0.29, 0.717) is 11.8 Å². The second-order valence-corrected chi connectivity index (χ2v) is 12.0. The zero-order chi connectivity index (χ0) is 29.0. The van der Waals surface area contributed by atoms with E-state index in [4.69, 9.17) is 0 Å². The van der Waals surface area contributed by atoms with Gasteiger partial charge in [-0.05, 0) is 82.9 Å². The molecule has 2 unspecified atom stereocenters. The van der Waals surface area contributed by atoms with Gasteiger partial charge in [-0.25, -0.2) is 0 Å². The van der Waals surface area contributed by atoms with E-state index in [9.17, 15) is 0 Å². The summed E-state index contributed by atoms with van der Waals surface area (Å²) in [5.74, 6) is 0.636. The van der Waals surface area contributed by atoms with Gasteiger partial charge in [0.25, 0.3) is 0 Å². The first-order valence-corrected chi connectivity index (χ1v) is 15.5. The first kappa shape index (κ1) is 25.1. The van der Waals surface area contributed by atoms with Crippen LogP contribution in [0.2, 0.25) is 0 Å². The summed E-state index contributed by atoms with van der Waals surface area (Å²) in [5.41, 5.74) is 10.6. The van der Waals surface area contributed by atoms with Crippen LogP contribution >= 0.6 is 0 Å². The Labute approximate surface area is 257 Å². The lowest BCUT2D eigenvalue weighted by Gasteiger charge is -2.33. The number of hydrogen-bond donors (Lipinski definition) is 0. The monoisotopic (exact) mass is 558 g/mol. The average molecular weight is 559 g/mol. The van der Waals surface area contributed by atoms with Crippen LogP contribution in [0.15, 0.2) is 164 Å². The third kappa shape index (κ3) is 3.85. The minimum atomic E-state index is 0.296. The molecule has 0 aromatic heterocycles. The van der Waals surface area contributed by atoms with Crippen molar-refractivity contribution in [3.05, 3.63) is 181 Å². The van der Waals surface area contributed by atoms with Crippen LogP contribution < -0.4 is 0 Å². The summed E-state index contributed by atoms with van der Waals surface area (Å²) in [7, 11) is 0. The van der Waals surface area contributed by atoms with Crippen molar-refractivity contribution in [2.24, 2.45) is 5.92 Å². The van der Waals surface area contributed by atoms with Gasteiger partial charge in [0.15, 0.2) is 0 Å². The lowest BCUT2D eigenvalue weighted by atomic mass is 9.70. The molecule has 0 radical (unpaired) electrons. The molecular weight excluding hydrogens is 528 g/mol. The SMILES string of the molecule is C1=CC2c3ccccc3C=CC2C(c2c3ccccc3c(-c3ccc4c(-c5ccccc5)cccc4c3)c3ccccc23)=C1. The van der Waals surface area contributed by atoms with Crippen LogP contribution in [0.25, 0.3) is 66.2 Å². The van der Waals surface area contributed by atoms with Crippen LogP contribution in [-0.4, -0.2) is 0 Å². The Kier molecular flexibility index (Phi) is 5.74. The van der Waals surface area contributed by atoms with Crippen LogP contribution in [0.3, 0.4) is 0 Å². The maximum absolute atomic E-state index is 2.42. The van der Waals surface area contributed by atoms with E-state index in [2.05, 4.69) is 170 Å². The summed E-state index contributed by atoms with van der Waals surface area (Å²) in [5, 5.41) is 7.76. The van der Waals surface area contributed by atoms with Gasteiger partial charge in [0, 0.05) is 11.8 Å². The largest absolute Gasteiger partial charge is 0.0760 e. The molecule has 7 aromatic rings. The Balaban J connectivity index is 1.27. The first-order valence-electron chi connectivity index (χ1n) is 15.5. The number of allylic oxidation sites excluding steroid dienone is 5. The van der Waals surface area contributed by atoms with E-state index < -0.39 is 0 Å². The Hall–Kier alpha value is -5.46. The molecule has 0 heterocycles. The summed E-state index contributed by atoms with van der Waals surface area (Å²) >= 11 is 0. The molecular formula is C44H30. The van der Waals surface area contributed by atoms with Gasteiger partial charge in [-0.15, -0.1) is 0 Å². The Morgan fingerprint density at radius 1 is 0.432 bits per heavy atom. The predicted octanol–water partition coefficient (Wildman–Crippen LogP) is 11.9. The van der Waals surface area contributed by atoms with E-state index in [0.717, 1.165) is 0 Å². The third-order valence-corrected chi connectivity index (χ3v) is 9.65. The number of benzene rings is 7. The molecule has 2 aliphatic carbocycles. The highest BCUT2D eigenvalue weighted by atomic mass is 14.3. The van der Waals surface area contributed by atoms with E-state index in [1.54, 1.807) is 0 Å². The Bertz CT molecular complexity index is 2270. The van der Waals surface area contributed by atoms with Crippen molar-refractivity contribution in [3.63, 3.8) is 0 Å². The smallest absolute Gasteiger partial charge is 0.0131 e. The zero-order valence-corrected chi connectivity index (χ0v) is 24.3. The summed E-state index contributed by atoms with van der Waals surface area (Å²) in [4.78, 5) is 0. The fourth-order valence-corrected chi connectivity index (χ4v) is 7.71. The van der Waals surface area contributed by atoms with Gasteiger partial charge in [0.2, 0.25) is 0 Å². The molecule has 0 saturated heterocycles. The highest BCUT2D eigenvalue weighted by Crippen LogP contribution is 2.49. The quantitative estimate of drug-likeness (QED) is 0.189. The Morgan fingerprint density at radius 3 is 1.89 bits per heavy atom. The predicted molar refractivity (Wildman–Crippen MR) is 189 cm³/mol. The molecule has 2 atom stereocenters. The third-order valence-electron chi connectivity index (χ3n) is 9.65. The summed E-state index contributed by atoms with van der Waals surface area (Å²) in [6, 6.07) is 51.3. The maximum Gasteiger partial charge on any atom is 0.0131 e. The molecule has 0 bridgehead atoms. The minimum Gasteiger partial charge on any atom is -0.0760 e. The second-order valence-electron chi connectivity index (χ2n) is 12.0. The van der Waals surface area contributed by atoms with Crippen molar-refractivity contribution in [1.82, 2.24) is 0 Å². The molecule has 44 heavy (non-hydrogen) atoms. The van der Waals surface area contributed by atoms with Gasteiger partial charge in [0.1, 0.15) is 0 Å². The molecule has 0 nitrogen and oxygen atoms in total. The maximum atomic E-state index is 2.42. The molecule has 206 valence electrons. The van der Waals surface area contributed by atoms with Crippen molar-refractivity contribution < 1.29 is 0 Å². The fraction of sp³-hybridized carbons (Fsp3) is 0.0455. The number of rotatable bonds is 3. The minimum absolute atomic E-state index is 0.296. The lowest BCUT2D eigenvalue weighted by Crippen LogP contribution is -2.17. The molecule has 0 spiro atoms. The van der Waals surface area contributed by atoms with E-state index >= 15 is 0 Å². The van der Waals surface area contributed by atoms with Crippen molar-refractivity contribution in [2.45, 2.75) is 5.92 Å². The van der Waals surface area contributed by atoms with Gasteiger partial charge in [-0.3, -0.25) is 0 Å². The molecule has 2 aliphatic rings. The van der Waals surface area contributed by atoms with Crippen molar-refractivity contribution >= 4 is 44.0 Å². The van der Waals surface area contributed by atoms with Crippen molar-refractivity contribution in [1.29, 1.82) is 0 Å². The zero-order valence-electron chi connectivity index (χ0n) is 24.3. The van der Waals surface area contributed by atoms with E-state index in [1.165, 1.54) is 76.8 Å². The standard InChI is InChI=1S/C44H30/c1-2-12-29(13-3-1)33-21-10-15-31-28-32(25-26-35(31)33)43-39-17-6-8-19-41(39)44(42-20-9-7-18-40(42)43)38-23-11-22-36-34-16-5-4-14-30(34)24-27-37(36)38/h1-28,36-37H. The Morgan fingerprint density at radius 2 is 1.11 bits per heavy atom. The van der Waals surface area contributed by atoms with E-state index in [1.807, 2.05) is 0 Å². The average Bonchev–Trinajstić information content (AvgIpc) is 3.10. The molecule has 0 heteroatoms. The molecule has 9 rings (SSSR count). The fourth-order valence-electron chi connectivity index (χ4n) is 7.71. The van der Waals surface area contributed by atoms with Gasteiger partial charge in [-0.1, -0.05) is 164 Å². The van der Waals surface area contributed by atoms with Gasteiger partial charge >= 0.3 is 0 Å². The van der Waals surface area contributed by atoms with Gasteiger partial charge in [0.05, 0.1) is 0 Å². The summed E-state index contributed by atoms with van der Waals surface area (Å²) < 4.78 is 0. The van der Waals surface area contributed by atoms with Gasteiger partial charge in [-0.2, -0.15) is 0 Å². The summed E-state index contributed by atoms with van der Waals surface area (Å²) in [6.07, 6.45) is 11.8. The van der Waals surface area contributed by atoms with E-state index in [-0.39, 0.29) is 0 Å². The van der Waals surface area contributed by atoms with Crippen molar-refractivity contribution in [3.8, 4) is 22.3 Å². The van der Waals surface area contributed by atoms with Crippen LogP contribution in [0.5, 0.6) is 0 Å². The van der Waals surface area contributed by atoms with Crippen molar-refractivity contribution in [2.75, 3.05) is 0 Å². The molecule has 0 N–H and O–H groups in total. The highest BCUT2D eigenvalue weighted by Gasteiger charge is 2.31. The molecule has 0 aliphatic heterocycles. The molecule has 0 amide bonds. The van der Waals surface area contributed by atoms with Crippen LogP contribution in [0.4, 0.5) is 0 Å². The second kappa shape index (κ2) is 10.1. The molecule has 0 fully saturated rings. The highest BCUT2D eigenvalue weighted by molar-refractivity contribution is 6.19. The molecule has 0 saturated carbocycles. The van der Waals surface area contributed by atoms with Crippen LogP contribution in [0, 0.1) is 5.92 Å². The normalized spacial score (nSPS) is 17.0.